The van der Waals surface area contributed by atoms with E-state index in [4.69, 9.17) is 4.99 Å². The van der Waals surface area contributed by atoms with Crippen molar-refractivity contribution >= 4 is 5.96 Å². The van der Waals surface area contributed by atoms with Gasteiger partial charge >= 0.3 is 0 Å². The Labute approximate surface area is 156 Å². The fourth-order valence-electron chi connectivity index (χ4n) is 3.31. The highest BCUT2D eigenvalue weighted by Crippen LogP contribution is 2.30. The third-order valence-electron chi connectivity index (χ3n) is 5.27. The number of hydrogen-bond donors (Lipinski definition) is 3. The fraction of sp³-hybridized carbons (Fsp3) is 0.950. The lowest BCUT2D eigenvalue weighted by Gasteiger charge is -2.31. The zero-order valence-electron chi connectivity index (χ0n) is 17.9. The molecular formula is C20H44N4O. The van der Waals surface area contributed by atoms with Crippen molar-refractivity contribution < 1.29 is 5.11 Å². The van der Waals surface area contributed by atoms with Crippen molar-refractivity contribution in [1.29, 1.82) is 0 Å². The number of rotatable bonds is 13. The number of aliphatic hydroxyl groups excluding tert-OH is 1. The molecule has 0 aliphatic rings. The van der Waals surface area contributed by atoms with Crippen molar-refractivity contribution in [3.05, 3.63) is 0 Å². The molecule has 0 heterocycles. The second-order valence-corrected chi connectivity index (χ2v) is 7.58. The lowest BCUT2D eigenvalue weighted by molar-refractivity contribution is 0.173. The number of aliphatic hydroxyl groups is 1. The number of nitrogens with one attached hydrogen (secondary N) is 2. The molecule has 0 amide bonds. The van der Waals surface area contributed by atoms with Crippen molar-refractivity contribution in [2.45, 2.75) is 86.2 Å². The van der Waals surface area contributed by atoms with E-state index in [1.54, 1.807) is 0 Å². The van der Waals surface area contributed by atoms with E-state index in [0.29, 0.717) is 12.1 Å². The highest BCUT2D eigenvalue weighted by atomic mass is 16.3. The Bertz CT molecular complexity index is 344. The van der Waals surface area contributed by atoms with Crippen molar-refractivity contribution in [2.75, 3.05) is 32.8 Å². The second-order valence-electron chi connectivity index (χ2n) is 7.58. The minimum atomic E-state index is 0.114. The minimum Gasteiger partial charge on any atom is -0.396 e. The summed E-state index contributed by atoms with van der Waals surface area (Å²) >= 11 is 0. The average Bonchev–Trinajstić information content (AvgIpc) is 2.57. The normalized spacial score (nSPS) is 13.2. The van der Waals surface area contributed by atoms with Crippen molar-refractivity contribution in [3.8, 4) is 0 Å². The lowest BCUT2D eigenvalue weighted by Crippen LogP contribution is -2.42. The summed E-state index contributed by atoms with van der Waals surface area (Å²) in [6, 6.07) is 1.16. The summed E-state index contributed by atoms with van der Waals surface area (Å²) in [5.74, 6) is 0.896. The van der Waals surface area contributed by atoms with Gasteiger partial charge in [-0.2, -0.15) is 0 Å². The zero-order chi connectivity index (χ0) is 19.3. The van der Waals surface area contributed by atoms with Gasteiger partial charge in [0.15, 0.2) is 5.96 Å². The third kappa shape index (κ3) is 9.45. The molecule has 0 atom stereocenters. The molecule has 0 saturated heterocycles. The molecule has 0 bridgehead atoms. The third-order valence-corrected chi connectivity index (χ3v) is 5.27. The highest BCUT2D eigenvalue weighted by molar-refractivity contribution is 5.79. The first-order chi connectivity index (χ1) is 11.9. The van der Waals surface area contributed by atoms with Crippen LogP contribution in [0.15, 0.2) is 4.99 Å². The maximum atomic E-state index is 9.36. The molecule has 150 valence electrons. The van der Waals surface area contributed by atoms with Crippen LogP contribution in [0, 0.1) is 5.41 Å². The quantitative estimate of drug-likeness (QED) is 0.269. The van der Waals surface area contributed by atoms with Crippen LogP contribution < -0.4 is 10.6 Å². The van der Waals surface area contributed by atoms with Gasteiger partial charge in [0.05, 0.1) is 0 Å². The van der Waals surface area contributed by atoms with Crippen molar-refractivity contribution in [3.63, 3.8) is 0 Å². The molecule has 0 aromatic heterocycles. The monoisotopic (exact) mass is 356 g/mol. The summed E-state index contributed by atoms with van der Waals surface area (Å²) in [4.78, 5) is 7.32. The molecule has 3 N–H and O–H groups in total. The van der Waals surface area contributed by atoms with Gasteiger partial charge in [-0.05, 0) is 65.7 Å². The molecule has 5 heteroatoms. The Balaban J connectivity index is 4.58. The molecule has 0 fully saturated rings. The standard InChI is InChI=1S/C20H44N4O/c1-8-20(9-2,12-15-25)16-23-19(21-10-3)22-13-11-14-24(17(4)5)18(6)7/h17-18,25H,8-16H2,1-7H3,(H2,21,22,23). The largest absolute Gasteiger partial charge is 0.396 e. The molecule has 0 aliphatic heterocycles. The maximum Gasteiger partial charge on any atom is 0.191 e. The van der Waals surface area contributed by atoms with E-state index in [9.17, 15) is 5.11 Å². The Morgan fingerprint density at radius 2 is 1.64 bits per heavy atom. The van der Waals surface area contributed by atoms with Crippen LogP contribution >= 0.6 is 0 Å². The van der Waals surface area contributed by atoms with E-state index in [1.165, 1.54) is 0 Å². The summed E-state index contributed by atoms with van der Waals surface area (Å²) < 4.78 is 0. The van der Waals surface area contributed by atoms with Gasteiger partial charge in [-0.1, -0.05) is 13.8 Å². The first-order valence-corrected chi connectivity index (χ1v) is 10.2. The van der Waals surface area contributed by atoms with E-state index in [2.05, 4.69) is 64.0 Å². The van der Waals surface area contributed by atoms with E-state index in [-0.39, 0.29) is 12.0 Å². The molecule has 25 heavy (non-hydrogen) atoms. The summed E-state index contributed by atoms with van der Waals surface area (Å²) in [6.45, 7) is 19.4. The molecular weight excluding hydrogens is 312 g/mol. The van der Waals surface area contributed by atoms with Crippen LogP contribution in [0.25, 0.3) is 0 Å². The lowest BCUT2D eigenvalue weighted by atomic mass is 9.79. The summed E-state index contributed by atoms with van der Waals surface area (Å²) in [5.41, 5.74) is 0.114. The van der Waals surface area contributed by atoms with E-state index in [1.807, 2.05) is 0 Å². The Kier molecular flexibility index (Phi) is 13.0. The molecule has 0 unspecified atom stereocenters. The van der Waals surface area contributed by atoms with Gasteiger partial charge in [0, 0.05) is 44.9 Å². The van der Waals surface area contributed by atoms with Gasteiger partial charge < -0.3 is 15.7 Å². The van der Waals surface area contributed by atoms with Crippen LogP contribution in [0.5, 0.6) is 0 Å². The van der Waals surface area contributed by atoms with Crippen LogP contribution in [-0.2, 0) is 0 Å². The van der Waals surface area contributed by atoms with Gasteiger partial charge in [0.1, 0.15) is 0 Å². The topological polar surface area (TPSA) is 59.9 Å². The van der Waals surface area contributed by atoms with Gasteiger partial charge in [0.25, 0.3) is 0 Å². The van der Waals surface area contributed by atoms with Crippen LogP contribution in [0.4, 0.5) is 0 Å². The first-order valence-electron chi connectivity index (χ1n) is 10.2. The van der Waals surface area contributed by atoms with Crippen LogP contribution in [0.3, 0.4) is 0 Å². The SMILES string of the molecule is CCNC(=NCC(CC)(CC)CCO)NCCCN(C(C)C)C(C)C. The first kappa shape index (κ1) is 24.2. The molecule has 0 aromatic carbocycles. The molecule has 5 nitrogen and oxygen atoms in total. The van der Waals surface area contributed by atoms with Crippen LogP contribution in [0.1, 0.15) is 74.1 Å². The van der Waals surface area contributed by atoms with E-state index < -0.39 is 0 Å². The molecule has 0 spiro atoms. The Morgan fingerprint density at radius 1 is 1.04 bits per heavy atom. The van der Waals surface area contributed by atoms with Crippen molar-refractivity contribution in [2.24, 2.45) is 10.4 Å². The Morgan fingerprint density at radius 3 is 2.08 bits per heavy atom. The van der Waals surface area contributed by atoms with Gasteiger partial charge in [-0.25, -0.2) is 0 Å². The summed E-state index contributed by atoms with van der Waals surface area (Å²) in [6.07, 6.45) is 4.01. The van der Waals surface area contributed by atoms with Crippen LogP contribution in [-0.4, -0.2) is 60.8 Å². The van der Waals surface area contributed by atoms with Crippen LogP contribution in [0.2, 0.25) is 0 Å². The molecule has 0 saturated carbocycles. The number of nitrogens with zero attached hydrogens (tertiary/aromatic N) is 2. The predicted octanol–water partition coefficient (Wildman–Crippen LogP) is 3.24. The summed E-state index contributed by atoms with van der Waals surface area (Å²) in [5, 5.41) is 16.2. The highest BCUT2D eigenvalue weighted by Gasteiger charge is 2.25. The van der Waals surface area contributed by atoms with E-state index >= 15 is 0 Å². The number of guanidine groups is 1. The minimum absolute atomic E-state index is 0.114. The van der Waals surface area contributed by atoms with Gasteiger partial charge in [-0.3, -0.25) is 9.89 Å². The maximum absolute atomic E-state index is 9.36. The fourth-order valence-corrected chi connectivity index (χ4v) is 3.31. The van der Waals surface area contributed by atoms with Crippen molar-refractivity contribution in [1.82, 2.24) is 15.5 Å². The molecule has 0 aromatic rings. The molecule has 0 radical (unpaired) electrons. The van der Waals surface area contributed by atoms with Gasteiger partial charge in [-0.15, -0.1) is 0 Å². The average molecular weight is 357 g/mol. The smallest absolute Gasteiger partial charge is 0.191 e. The molecule has 0 rings (SSSR count). The van der Waals surface area contributed by atoms with Gasteiger partial charge in [0.2, 0.25) is 0 Å². The molecule has 0 aliphatic carbocycles. The Hall–Kier alpha value is -0.810. The number of hydrogen-bond acceptors (Lipinski definition) is 3. The predicted molar refractivity (Wildman–Crippen MR) is 110 cm³/mol. The number of aliphatic imine (C=N–C) groups is 1. The summed E-state index contributed by atoms with van der Waals surface area (Å²) in [7, 11) is 0. The zero-order valence-corrected chi connectivity index (χ0v) is 17.9. The second kappa shape index (κ2) is 13.4. The van der Waals surface area contributed by atoms with E-state index in [0.717, 1.165) is 57.8 Å².